The van der Waals surface area contributed by atoms with Crippen molar-refractivity contribution in [2.24, 2.45) is 0 Å². The fourth-order valence-electron chi connectivity index (χ4n) is 6.05. The van der Waals surface area contributed by atoms with Gasteiger partial charge in [0.25, 0.3) is 5.91 Å². The fourth-order valence-corrected chi connectivity index (χ4v) is 6.05. The van der Waals surface area contributed by atoms with Gasteiger partial charge in [-0.2, -0.15) is 5.26 Å². The number of piperazine rings is 1. The van der Waals surface area contributed by atoms with E-state index in [1.54, 1.807) is 17.9 Å². The second-order valence-electron chi connectivity index (χ2n) is 13.0. The summed E-state index contributed by atoms with van der Waals surface area (Å²) in [6.45, 7) is 15.7. The summed E-state index contributed by atoms with van der Waals surface area (Å²) in [5.41, 5.74) is 5.92. The van der Waals surface area contributed by atoms with Gasteiger partial charge in [-0.1, -0.05) is 12.1 Å². The maximum Gasteiger partial charge on any atom is 0.410 e. The van der Waals surface area contributed by atoms with Crippen LogP contribution >= 0.6 is 0 Å². The van der Waals surface area contributed by atoms with E-state index in [0.717, 1.165) is 11.1 Å². The number of carbonyl (C=O) groups excluding carboxylic acids is 2. The fraction of sp³-hybridized carbons (Fsp3) is 0.606. The van der Waals surface area contributed by atoms with Crippen LogP contribution in [0.25, 0.3) is 0 Å². The molecule has 2 N–H and O–H groups in total. The Morgan fingerprint density at radius 2 is 1.70 bits per heavy atom. The highest BCUT2D eigenvalue weighted by atomic mass is 16.7. The van der Waals surface area contributed by atoms with Crippen LogP contribution in [0.4, 0.5) is 10.6 Å². The van der Waals surface area contributed by atoms with Crippen molar-refractivity contribution < 1.29 is 28.5 Å². The Labute approximate surface area is 276 Å². The third kappa shape index (κ3) is 8.35. The number of rotatable bonds is 8. The third-order valence-corrected chi connectivity index (χ3v) is 8.38. The van der Waals surface area contributed by atoms with Crippen LogP contribution in [0.15, 0.2) is 18.2 Å². The Hall–Kier alpha value is -3.87. The van der Waals surface area contributed by atoms with Crippen molar-refractivity contribution in [3.05, 3.63) is 52.0 Å². The summed E-state index contributed by atoms with van der Waals surface area (Å²) in [5.74, 6) is 0.701. The minimum atomic E-state index is -0.845. The predicted molar refractivity (Wildman–Crippen MR) is 172 cm³/mol. The Morgan fingerprint density at radius 3 is 2.34 bits per heavy atom. The van der Waals surface area contributed by atoms with Gasteiger partial charge in [0, 0.05) is 39.3 Å². The van der Waals surface area contributed by atoms with E-state index in [4.69, 9.17) is 28.9 Å². The van der Waals surface area contributed by atoms with Gasteiger partial charge in [-0.05, 0) is 58.7 Å². The normalized spacial score (nSPS) is 19.6. The first kappa shape index (κ1) is 34.5. The maximum absolute atomic E-state index is 14.3. The number of ether oxygens (including phenoxy) is 4. The molecule has 0 saturated carbocycles. The molecule has 3 aliphatic heterocycles. The summed E-state index contributed by atoms with van der Waals surface area (Å²) in [5, 5.41) is 15.0. The molecule has 0 aliphatic carbocycles. The van der Waals surface area contributed by atoms with Gasteiger partial charge in [0.05, 0.1) is 55.4 Å². The van der Waals surface area contributed by atoms with Gasteiger partial charge in [0.15, 0.2) is 6.29 Å². The van der Waals surface area contributed by atoms with E-state index >= 15 is 0 Å². The third-order valence-electron chi connectivity index (χ3n) is 8.38. The Kier molecular flexibility index (Phi) is 10.9. The minimum absolute atomic E-state index is 0.247. The Morgan fingerprint density at radius 1 is 1.02 bits per heavy atom. The molecule has 14 heteroatoms. The van der Waals surface area contributed by atoms with Crippen LogP contribution in [0.1, 0.15) is 79.8 Å². The predicted octanol–water partition coefficient (Wildman–Crippen LogP) is 3.14. The van der Waals surface area contributed by atoms with E-state index < -0.39 is 17.9 Å². The zero-order chi connectivity index (χ0) is 33.7. The number of nitrogens with zero attached hydrogens (tertiary/aromatic N) is 6. The van der Waals surface area contributed by atoms with Crippen molar-refractivity contribution >= 4 is 17.8 Å². The van der Waals surface area contributed by atoms with Crippen molar-refractivity contribution in [2.75, 3.05) is 71.0 Å². The molecule has 0 radical (unpaired) electrons. The molecule has 5 rings (SSSR count). The lowest BCUT2D eigenvalue weighted by Crippen LogP contribution is -2.56. The zero-order valence-corrected chi connectivity index (χ0v) is 28.2. The van der Waals surface area contributed by atoms with Gasteiger partial charge in [-0.25, -0.2) is 19.8 Å². The lowest BCUT2D eigenvalue weighted by atomic mass is 9.97. The Balaban J connectivity index is 1.52. The van der Waals surface area contributed by atoms with Gasteiger partial charge in [0.2, 0.25) is 0 Å². The number of anilines is 1. The number of aryl methyl sites for hydroxylation is 1. The number of carbonyl (C=O) groups is 2. The summed E-state index contributed by atoms with van der Waals surface area (Å²) < 4.78 is 23.2. The molecule has 2 aromatic rings. The van der Waals surface area contributed by atoms with E-state index in [-0.39, 0.29) is 18.0 Å². The molecular weight excluding hydrogens is 604 g/mol. The second-order valence-corrected chi connectivity index (χ2v) is 13.0. The molecule has 4 heterocycles. The van der Waals surface area contributed by atoms with Crippen LogP contribution < -0.4 is 10.7 Å². The van der Waals surface area contributed by atoms with Crippen LogP contribution in [-0.4, -0.2) is 108 Å². The van der Waals surface area contributed by atoms with Crippen LogP contribution in [0.3, 0.4) is 0 Å². The van der Waals surface area contributed by atoms with Gasteiger partial charge in [-0.15, -0.1) is 0 Å². The number of hydrogen-bond acceptors (Lipinski definition) is 12. The largest absolute Gasteiger partial charge is 0.444 e. The van der Waals surface area contributed by atoms with E-state index in [1.165, 1.54) is 0 Å². The van der Waals surface area contributed by atoms with Crippen molar-refractivity contribution in [3.8, 4) is 6.07 Å². The van der Waals surface area contributed by atoms with E-state index in [9.17, 15) is 14.9 Å². The molecular formula is C33H46N8O6. The highest BCUT2D eigenvalue weighted by molar-refractivity contribution is 5.83. The van der Waals surface area contributed by atoms with Crippen LogP contribution in [-0.2, 0) is 23.7 Å². The lowest BCUT2D eigenvalue weighted by molar-refractivity contribution is -0.134. The number of benzene rings is 1. The van der Waals surface area contributed by atoms with Crippen LogP contribution in [0.5, 0.6) is 0 Å². The average Bonchev–Trinajstić information content (AvgIpc) is 3.56. The smallest absolute Gasteiger partial charge is 0.410 e. The highest BCUT2D eigenvalue weighted by Gasteiger charge is 2.40. The van der Waals surface area contributed by atoms with E-state index in [2.05, 4.69) is 16.8 Å². The summed E-state index contributed by atoms with van der Waals surface area (Å²) in [4.78, 5) is 40.6. The molecule has 2 atom stereocenters. The quantitative estimate of drug-likeness (QED) is 0.431. The standard InChI is InChI=1S/C33H46N8O6/c1-21-24(20-34)8-7-9-25(21)22(2)35-29-26(31-45-18-19-46-31)27(36-23(3)37-29)28(30(42)38-41-14-16-44-17-15-41)39-10-12-40(13-11-39)32(43)47-33(4,5)6/h7-9,22,28,31H,10-19H2,1-6H3,(H,38,42)(H,35,36,37)/t22-,28?/m1/s1. The molecule has 1 unspecified atom stereocenters. The summed E-state index contributed by atoms with van der Waals surface area (Å²) >= 11 is 0. The van der Waals surface area contributed by atoms with Gasteiger partial charge < -0.3 is 29.2 Å². The molecule has 47 heavy (non-hydrogen) atoms. The number of amides is 2. The Bertz CT molecular complexity index is 1470. The van der Waals surface area contributed by atoms with Gasteiger partial charge >= 0.3 is 6.09 Å². The molecule has 3 fully saturated rings. The SMILES string of the molecule is Cc1nc(N[C@H](C)c2cccc(C#N)c2C)c(C2OCCO2)c(C(C(=O)NN2CCOCC2)N2CCN(C(=O)OC(C)(C)C)CC2)n1. The minimum Gasteiger partial charge on any atom is -0.444 e. The van der Waals surface area contributed by atoms with Crippen molar-refractivity contribution in [1.82, 2.24) is 30.2 Å². The number of nitriles is 1. The second kappa shape index (κ2) is 14.9. The lowest BCUT2D eigenvalue weighted by Gasteiger charge is -2.40. The van der Waals surface area contributed by atoms with Gasteiger partial charge in [0.1, 0.15) is 23.3 Å². The van der Waals surface area contributed by atoms with E-state index in [0.29, 0.717) is 94.2 Å². The van der Waals surface area contributed by atoms with Gasteiger partial charge in [-0.3, -0.25) is 15.1 Å². The summed E-state index contributed by atoms with van der Waals surface area (Å²) in [6.07, 6.45) is -1.18. The number of hydrogen-bond donors (Lipinski definition) is 2. The molecule has 0 bridgehead atoms. The number of hydrazine groups is 1. The molecule has 3 aliphatic rings. The van der Waals surface area contributed by atoms with Crippen molar-refractivity contribution in [2.45, 2.75) is 65.5 Å². The molecule has 1 aromatic heterocycles. The average molecular weight is 651 g/mol. The first-order valence-corrected chi connectivity index (χ1v) is 16.2. The molecule has 14 nitrogen and oxygen atoms in total. The molecule has 1 aromatic carbocycles. The number of morpholine rings is 1. The van der Waals surface area contributed by atoms with Crippen molar-refractivity contribution in [3.63, 3.8) is 0 Å². The molecule has 2 amide bonds. The van der Waals surface area contributed by atoms with Crippen molar-refractivity contribution in [1.29, 1.82) is 5.26 Å². The topological polar surface area (TPSA) is 154 Å². The molecule has 0 spiro atoms. The molecule has 3 saturated heterocycles. The summed E-state index contributed by atoms with van der Waals surface area (Å²) in [6, 6.07) is 6.81. The first-order chi connectivity index (χ1) is 22.4. The molecule has 254 valence electrons. The zero-order valence-electron chi connectivity index (χ0n) is 28.2. The first-order valence-electron chi connectivity index (χ1n) is 16.2. The maximum atomic E-state index is 14.3. The highest BCUT2D eigenvalue weighted by Crippen LogP contribution is 2.38. The monoisotopic (exact) mass is 650 g/mol. The van der Waals surface area contributed by atoms with Crippen LogP contribution in [0, 0.1) is 25.2 Å². The van der Waals surface area contributed by atoms with E-state index in [1.807, 2.05) is 56.7 Å². The van der Waals surface area contributed by atoms with Crippen LogP contribution in [0.2, 0.25) is 0 Å². The summed E-state index contributed by atoms with van der Waals surface area (Å²) in [7, 11) is 0. The number of aromatic nitrogens is 2. The number of nitrogens with one attached hydrogen (secondary N) is 2.